The van der Waals surface area contributed by atoms with E-state index in [1.807, 2.05) is 84.4 Å². The quantitative estimate of drug-likeness (QED) is 0.0634. The number of carbonyl (C=O) groups excluding carboxylic acids is 4. The Kier molecular flexibility index (Phi) is 21.5. The van der Waals surface area contributed by atoms with Crippen LogP contribution in [0, 0.1) is 18.6 Å². The predicted octanol–water partition coefficient (Wildman–Crippen LogP) is 13.8. The van der Waals surface area contributed by atoms with Gasteiger partial charge in [0.2, 0.25) is 0 Å². The van der Waals surface area contributed by atoms with Crippen molar-refractivity contribution in [2.24, 2.45) is 0 Å². The molecule has 0 atom stereocenters. The van der Waals surface area contributed by atoms with Gasteiger partial charge in [-0.1, -0.05) is 93.7 Å². The predicted molar refractivity (Wildman–Crippen MR) is 297 cm³/mol. The van der Waals surface area contributed by atoms with Crippen LogP contribution in [-0.2, 0) is 22.0 Å². The summed E-state index contributed by atoms with van der Waals surface area (Å²) in [4.78, 5) is 67.0. The number of halogens is 3. The van der Waals surface area contributed by atoms with Crippen LogP contribution in [-0.4, -0.2) is 52.9 Å². The number of aromatic amines is 2. The highest BCUT2D eigenvalue weighted by atomic mass is 35.5. The maximum Gasteiger partial charge on any atom is 0.296 e. The monoisotopic (exact) mass is 1020 g/mol. The molecule has 4 N–H and O–H groups in total. The van der Waals surface area contributed by atoms with Gasteiger partial charge in [0.15, 0.2) is 0 Å². The Morgan fingerprint density at radius 2 is 1.01 bits per heavy atom. The van der Waals surface area contributed by atoms with Crippen molar-refractivity contribution >= 4 is 79.1 Å². The first-order valence-electron chi connectivity index (χ1n) is 22.6. The van der Waals surface area contributed by atoms with Crippen LogP contribution in [0.2, 0.25) is 0 Å². The molecular weight excluding hydrogens is 970 g/mol. The van der Waals surface area contributed by atoms with E-state index in [4.69, 9.17) is 11.6 Å². The minimum atomic E-state index is -0.712. The van der Waals surface area contributed by atoms with Crippen molar-refractivity contribution in [1.29, 1.82) is 0 Å². The fourth-order valence-electron chi connectivity index (χ4n) is 7.09. The molecule has 0 aliphatic heterocycles. The van der Waals surface area contributed by atoms with E-state index in [9.17, 15) is 28.0 Å². The van der Waals surface area contributed by atoms with Gasteiger partial charge in [-0.2, -0.15) is 0 Å². The number of Topliss-reactive ketones (excluding diaryl/α,β-unsaturated/α-hetero) is 2. The summed E-state index contributed by atoms with van der Waals surface area (Å²) in [5.41, 5.74) is 7.69. The van der Waals surface area contributed by atoms with Crippen LogP contribution in [0.1, 0.15) is 52.3 Å². The summed E-state index contributed by atoms with van der Waals surface area (Å²) < 4.78 is 27.2. The summed E-state index contributed by atoms with van der Waals surface area (Å²) in [5.74, 6) is -2.64. The Labute approximate surface area is 438 Å². The molecule has 0 aliphatic rings. The summed E-state index contributed by atoms with van der Waals surface area (Å²) >= 11 is 5.46. The molecule has 0 aliphatic carbocycles. The topological polar surface area (TPSA) is 168 Å². The Morgan fingerprint density at radius 1 is 0.533 bits per heavy atom. The van der Waals surface area contributed by atoms with Crippen molar-refractivity contribution in [1.82, 2.24) is 29.5 Å². The van der Waals surface area contributed by atoms with E-state index >= 15 is 0 Å². The van der Waals surface area contributed by atoms with Crippen LogP contribution < -0.4 is 10.6 Å². The fraction of sp³-hybridized carbons (Fsp3) is 0.0833. The van der Waals surface area contributed by atoms with Gasteiger partial charge >= 0.3 is 0 Å². The zero-order chi connectivity index (χ0) is 51.4. The van der Waals surface area contributed by atoms with Crippen molar-refractivity contribution in [3.63, 3.8) is 0 Å². The number of alkyl halides is 1. The van der Waals surface area contributed by atoms with E-state index in [1.165, 1.54) is 53.1 Å². The number of para-hydroxylation sites is 3. The SMILES string of the molecule is C.C.Cc1ccncc1.Fc1ccc(CCl)cc1.O=C(Nc1ccncc1)C(=O)c1c[nH]c2ccccc12.O=C(Nc1ccncc1)C(=O)c1cn(Cc2ccc(F)cc2)c2ccccc12.c1ccc2[nH]ccc2c1. The third-order valence-corrected chi connectivity index (χ3v) is 11.1. The van der Waals surface area contributed by atoms with Gasteiger partial charge in [-0.15, -0.1) is 11.6 Å². The van der Waals surface area contributed by atoms with Crippen molar-refractivity contribution in [2.75, 3.05) is 10.6 Å². The lowest BCUT2D eigenvalue weighted by Crippen LogP contribution is -2.22. The molecule has 0 unspecified atom stereocenters. The molecule has 0 fully saturated rings. The normalized spacial score (nSPS) is 9.97. The molecule has 2 amide bonds. The van der Waals surface area contributed by atoms with Crippen molar-refractivity contribution in [3.05, 3.63) is 259 Å². The summed E-state index contributed by atoms with van der Waals surface area (Å²) in [7, 11) is 0. The van der Waals surface area contributed by atoms with E-state index in [2.05, 4.69) is 53.8 Å². The van der Waals surface area contributed by atoms with Crippen molar-refractivity contribution in [2.45, 2.75) is 34.2 Å². The summed E-state index contributed by atoms with van der Waals surface area (Å²) in [6.07, 6.45) is 14.9. The van der Waals surface area contributed by atoms with Gasteiger partial charge in [0.25, 0.3) is 23.4 Å². The molecule has 12 nitrogen and oxygen atoms in total. The number of H-pyrrole nitrogens is 2. The van der Waals surface area contributed by atoms with Gasteiger partial charge in [-0.25, -0.2) is 8.78 Å². The second-order valence-electron chi connectivity index (χ2n) is 16.0. The first-order chi connectivity index (χ1) is 35.6. The Morgan fingerprint density at radius 3 is 1.55 bits per heavy atom. The number of nitrogens with one attached hydrogen (secondary N) is 4. The lowest BCUT2D eigenvalue weighted by Gasteiger charge is -2.05. The highest BCUT2D eigenvalue weighted by Crippen LogP contribution is 2.24. The number of ketones is 2. The highest BCUT2D eigenvalue weighted by Gasteiger charge is 2.22. The molecule has 5 aromatic carbocycles. The molecule has 0 bridgehead atoms. The Bertz CT molecular complexity index is 3500. The lowest BCUT2D eigenvalue weighted by atomic mass is 10.1. The summed E-state index contributed by atoms with van der Waals surface area (Å²) in [6.45, 7) is 2.50. The van der Waals surface area contributed by atoms with E-state index < -0.39 is 23.4 Å². The van der Waals surface area contributed by atoms with Crippen LogP contribution in [0.15, 0.2) is 220 Å². The lowest BCUT2D eigenvalue weighted by molar-refractivity contribution is -0.113. The number of amides is 2. The smallest absolute Gasteiger partial charge is 0.296 e. The number of rotatable bonds is 9. The molecule has 6 aromatic heterocycles. The molecule has 0 spiro atoms. The number of fused-ring (bicyclic) bond motifs is 3. The van der Waals surface area contributed by atoms with E-state index in [0.717, 1.165) is 27.5 Å². The number of hydrogen-bond donors (Lipinski definition) is 4. The molecule has 380 valence electrons. The average molecular weight is 1030 g/mol. The number of aryl methyl sites for hydroxylation is 1. The Hall–Kier alpha value is -9.40. The fourth-order valence-corrected chi connectivity index (χ4v) is 7.27. The second kappa shape index (κ2) is 28.6. The molecule has 75 heavy (non-hydrogen) atoms. The number of aromatic nitrogens is 6. The minimum absolute atomic E-state index is 0. The molecule has 15 heteroatoms. The molecule has 0 saturated carbocycles. The third kappa shape index (κ3) is 16.3. The number of nitrogens with zero attached hydrogens (tertiary/aromatic N) is 4. The van der Waals surface area contributed by atoms with Gasteiger partial charge < -0.3 is 25.2 Å². The standard InChI is InChI=1S/C22H16FN3O2.C15H11N3O2.C8H7N.C7H6ClF.C6H7N.2CH4/c23-16-7-5-15(6-8-16)13-26-14-19(18-3-1-2-4-20(18)26)21(27)22(28)25-17-9-11-24-12-10-17;19-14(15(20)18-10-5-7-16-8-6-10)12-9-17-13-4-2-1-3-11(12)13;1-2-4-8-7(3-1)5-6-9-8;8-5-6-1-3-7(9)4-2-6;1-6-2-4-7-5-3-6;;/h1-12,14H,13H2,(H,24,25,28);1-9,17H,(H,16,18,20);1-6,9H;1-4H,5H2;2-5H,1H3;2*1H4. The van der Waals surface area contributed by atoms with Gasteiger partial charge in [0.1, 0.15) is 11.6 Å². The van der Waals surface area contributed by atoms with Crippen LogP contribution >= 0.6 is 11.6 Å². The number of benzene rings is 5. The summed E-state index contributed by atoms with van der Waals surface area (Å²) in [5, 5.41) is 7.85. The zero-order valence-electron chi connectivity index (χ0n) is 39.3. The molecule has 11 aromatic rings. The van der Waals surface area contributed by atoms with Crippen LogP contribution in [0.4, 0.5) is 20.2 Å². The van der Waals surface area contributed by atoms with Crippen LogP contribution in [0.3, 0.4) is 0 Å². The molecule has 0 saturated heterocycles. The van der Waals surface area contributed by atoms with Crippen molar-refractivity contribution < 1.29 is 28.0 Å². The van der Waals surface area contributed by atoms with Gasteiger partial charge in [-0.3, -0.25) is 34.1 Å². The highest BCUT2D eigenvalue weighted by molar-refractivity contribution is 6.49. The molecule has 6 heterocycles. The number of carbonyl (C=O) groups is 4. The largest absolute Gasteiger partial charge is 0.361 e. The molecule has 11 rings (SSSR count). The van der Waals surface area contributed by atoms with Gasteiger partial charge in [-0.05, 0) is 114 Å². The maximum absolute atomic E-state index is 13.2. The number of pyridine rings is 3. The van der Waals surface area contributed by atoms with E-state index in [1.54, 1.807) is 91.8 Å². The third-order valence-electron chi connectivity index (χ3n) is 10.8. The summed E-state index contributed by atoms with van der Waals surface area (Å²) in [6, 6.07) is 47.8. The second-order valence-corrected chi connectivity index (χ2v) is 16.2. The average Bonchev–Trinajstić information content (AvgIpc) is 4.19. The van der Waals surface area contributed by atoms with Crippen LogP contribution in [0.25, 0.3) is 32.7 Å². The Balaban J connectivity index is 0.000000191. The number of anilines is 2. The first kappa shape index (κ1) is 56.5. The van der Waals surface area contributed by atoms with Crippen molar-refractivity contribution in [3.8, 4) is 0 Å². The minimum Gasteiger partial charge on any atom is -0.361 e. The van der Waals surface area contributed by atoms with E-state index in [0.29, 0.717) is 40.3 Å². The van der Waals surface area contributed by atoms with Gasteiger partial charge in [0, 0.05) is 107 Å². The zero-order valence-corrected chi connectivity index (χ0v) is 40.0. The number of hydrogen-bond acceptors (Lipinski definition) is 7. The van der Waals surface area contributed by atoms with Gasteiger partial charge in [0.05, 0.1) is 11.1 Å². The molecule has 0 radical (unpaired) electrons. The van der Waals surface area contributed by atoms with Crippen LogP contribution in [0.5, 0.6) is 0 Å². The molecular formula is C60H55ClF2N8O4. The first-order valence-corrected chi connectivity index (χ1v) is 23.2. The van der Waals surface area contributed by atoms with E-state index in [-0.39, 0.29) is 26.5 Å². The maximum atomic E-state index is 13.2.